The second kappa shape index (κ2) is 8.43. The van der Waals surface area contributed by atoms with Gasteiger partial charge in [-0.15, -0.1) is 0 Å². The molecule has 1 N–H and O–H groups in total. The zero-order chi connectivity index (χ0) is 15.1. The predicted molar refractivity (Wildman–Crippen MR) is 89.2 cm³/mol. The molecule has 0 aromatic heterocycles. The number of rotatable bonds is 8. The first-order valence-corrected chi connectivity index (χ1v) is 8.01. The predicted octanol–water partition coefficient (Wildman–Crippen LogP) is 4.15. The lowest BCUT2D eigenvalue weighted by Crippen LogP contribution is -2.42. The van der Waals surface area contributed by atoms with Gasteiger partial charge in [-0.05, 0) is 46.6 Å². The van der Waals surface area contributed by atoms with Gasteiger partial charge in [-0.1, -0.05) is 36.8 Å². The molecule has 0 heterocycles. The van der Waals surface area contributed by atoms with E-state index < -0.39 is 0 Å². The van der Waals surface area contributed by atoms with Crippen LogP contribution in [0.4, 0.5) is 0 Å². The van der Waals surface area contributed by atoms with Crippen molar-refractivity contribution in [1.29, 1.82) is 0 Å². The zero-order valence-electron chi connectivity index (χ0n) is 14.1. The second-order valence-electron chi connectivity index (χ2n) is 6.25. The standard InChI is InChI=1S/C18H32N2/c1-7-18(17-10-8-16(6)9-11-17)19-12-13-20(14(2)3)15(4)5/h8-11,14-15,18-19H,7,12-13H2,1-6H3. The average molecular weight is 276 g/mol. The Morgan fingerprint density at radius 1 is 1.00 bits per heavy atom. The summed E-state index contributed by atoms with van der Waals surface area (Å²) in [5.41, 5.74) is 2.73. The third kappa shape index (κ3) is 5.26. The van der Waals surface area contributed by atoms with Gasteiger partial charge in [-0.25, -0.2) is 0 Å². The molecule has 1 aromatic carbocycles. The average Bonchev–Trinajstić information content (AvgIpc) is 2.39. The Bertz CT molecular complexity index is 360. The van der Waals surface area contributed by atoms with Gasteiger partial charge < -0.3 is 5.32 Å². The van der Waals surface area contributed by atoms with Gasteiger partial charge in [0.05, 0.1) is 0 Å². The molecule has 0 radical (unpaired) electrons. The molecule has 1 atom stereocenters. The van der Waals surface area contributed by atoms with Crippen molar-refractivity contribution in [3.05, 3.63) is 35.4 Å². The van der Waals surface area contributed by atoms with Crippen molar-refractivity contribution in [3.63, 3.8) is 0 Å². The van der Waals surface area contributed by atoms with Crippen LogP contribution >= 0.6 is 0 Å². The van der Waals surface area contributed by atoms with E-state index in [0.29, 0.717) is 18.1 Å². The van der Waals surface area contributed by atoms with E-state index >= 15 is 0 Å². The molecule has 0 aliphatic heterocycles. The van der Waals surface area contributed by atoms with E-state index in [1.165, 1.54) is 11.1 Å². The fourth-order valence-electron chi connectivity index (χ4n) is 2.78. The first-order valence-electron chi connectivity index (χ1n) is 8.01. The Balaban J connectivity index is 2.51. The van der Waals surface area contributed by atoms with Gasteiger partial charge in [-0.3, -0.25) is 4.90 Å². The molecular formula is C18H32N2. The van der Waals surface area contributed by atoms with Gasteiger partial charge in [0.2, 0.25) is 0 Å². The minimum absolute atomic E-state index is 0.469. The van der Waals surface area contributed by atoms with Crippen LogP contribution in [-0.4, -0.2) is 30.1 Å². The Morgan fingerprint density at radius 3 is 2.00 bits per heavy atom. The van der Waals surface area contributed by atoms with Crippen LogP contribution in [0.5, 0.6) is 0 Å². The molecule has 0 aliphatic rings. The summed E-state index contributed by atoms with van der Waals surface area (Å²) in [5.74, 6) is 0. The summed E-state index contributed by atoms with van der Waals surface area (Å²) >= 11 is 0. The quantitative estimate of drug-likeness (QED) is 0.767. The fraction of sp³-hybridized carbons (Fsp3) is 0.667. The summed E-state index contributed by atoms with van der Waals surface area (Å²) in [5, 5.41) is 3.70. The van der Waals surface area contributed by atoms with Gasteiger partial charge in [0, 0.05) is 31.2 Å². The second-order valence-corrected chi connectivity index (χ2v) is 6.25. The first kappa shape index (κ1) is 17.2. The number of nitrogens with one attached hydrogen (secondary N) is 1. The van der Waals surface area contributed by atoms with Crippen LogP contribution < -0.4 is 5.32 Å². The molecule has 1 rings (SSSR count). The van der Waals surface area contributed by atoms with Gasteiger partial charge in [0.1, 0.15) is 0 Å². The van der Waals surface area contributed by atoms with E-state index in [4.69, 9.17) is 0 Å². The lowest BCUT2D eigenvalue weighted by atomic mass is 10.0. The molecule has 0 fully saturated rings. The monoisotopic (exact) mass is 276 g/mol. The number of aryl methyl sites for hydroxylation is 1. The summed E-state index contributed by atoms with van der Waals surface area (Å²) < 4.78 is 0. The SMILES string of the molecule is CCC(NCCN(C(C)C)C(C)C)c1ccc(C)cc1. The number of nitrogens with zero attached hydrogens (tertiary/aromatic N) is 1. The van der Waals surface area contributed by atoms with Gasteiger partial charge in [-0.2, -0.15) is 0 Å². The van der Waals surface area contributed by atoms with E-state index in [-0.39, 0.29) is 0 Å². The molecule has 20 heavy (non-hydrogen) atoms. The number of hydrogen-bond donors (Lipinski definition) is 1. The molecule has 2 nitrogen and oxygen atoms in total. The minimum atomic E-state index is 0.469. The fourth-order valence-corrected chi connectivity index (χ4v) is 2.78. The molecule has 0 saturated heterocycles. The summed E-state index contributed by atoms with van der Waals surface area (Å²) in [6.07, 6.45) is 1.13. The highest BCUT2D eigenvalue weighted by Crippen LogP contribution is 2.17. The van der Waals surface area contributed by atoms with Crippen LogP contribution in [-0.2, 0) is 0 Å². The lowest BCUT2D eigenvalue weighted by molar-refractivity contribution is 0.173. The largest absolute Gasteiger partial charge is 0.309 e. The van der Waals surface area contributed by atoms with Gasteiger partial charge in [0.25, 0.3) is 0 Å². The topological polar surface area (TPSA) is 15.3 Å². The van der Waals surface area contributed by atoms with Crippen molar-refractivity contribution in [1.82, 2.24) is 10.2 Å². The Kier molecular flexibility index (Phi) is 7.25. The molecule has 114 valence electrons. The van der Waals surface area contributed by atoms with Crippen molar-refractivity contribution < 1.29 is 0 Å². The number of benzene rings is 1. The van der Waals surface area contributed by atoms with Crippen LogP contribution in [0.25, 0.3) is 0 Å². The van der Waals surface area contributed by atoms with Crippen LogP contribution in [0.3, 0.4) is 0 Å². The molecule has 0 amide bonds. The molecule has 0 bridgehead atoms. The lowest BCUT2D eigenvalue weighted by Gasteiger charge is -2.31. The Labute approximate surface area is 125 Å². The van der Waals surface area contributed by atoms with E-state index in [0.717, 1.165) is 19.5 Å². The van der Waals surface area contributed by atoms with E-state index in [1.54, 1.807) is 0 Å². The van der Waals surface area contributed by atoms with E-state index in [1.807, 2.05) is 0 Å². The molecule has 1 unspecified atom stereocenters. The maximum atomic E-state index is 3.70. The highest BCUT2D eigenvalue weighted by molar-refractivity contribution is 5.24. The van der Waals surface area contributed by atoms with Crippen molar-refractivity contribution in [2.75, 3.05) is 13.1 Å². The van der Waals surface area contributed by atoms with Crippen molar-refractivity contribution >= 4 is 0 Å². The molecular weight excluding hydrogens is 244 g/mol. The molecule has 1 aromatic rings. The van der Waals surface area contributed by atoms with Crippen LogP contribution in [0.1, 0.15) is 58.2 Å². The van der Waals surface area contributed by atoms with Crippen LogP contribution in [0, 0.1) is 6.92 Å². The third-order valence-corrected chi connectivity index (χ3v) is 3.98. The van der Waals surface area contributed by atoms with Gasteiger partial charge in [0.15, 0.2) is 0 Å². The van der Waals surface area contributed by atoms with Crippen LogP contribution in [0.15, 0.2) is 24.3 Å². The Morgan fingerprint density at radius 2 is 1.55 bits per heavy atom. The summed E-state index contributed by atoms with van der Waals surface area (Å²) in [6, 6.07) is 10.6. The normalized spacial score (nSPS) is 13.4. The summed E-state index contributed by atoms with van der Waals surface area (Å²) in [4.78, 5) is 2.54. The van der Waals surface area contributed by atoms with Crippen molar-refractivity contribution in [3.8, 4) is 0 Å². The molecule has 0 spiro atoms. The molecule has 0 aliphatic carbocycles. The van der Waals surface area contributed by atoms with Crippen molar-refractivity contribution in [2.24, 2.45) is 0 Å². The summed E-state index contributed by atoms with van der Waals surface area (Å²) in [6.45, 7) is 15.6. The van der Waals surface area contributed by atoms with Gasteiger partial charge >= 0.3 is 0 Å². The Hall–Kier alpha value is -0.860. The minimum Gasteiger partial charge on any atom is -0.309 e. The maximum Gasteiger partial charge on any atom is 0.0318 e. The smallest absolute Gasteiger partial charge is 0.0318 e. The molecule has 0 saturated carbocycles. The number of hydrogen-bond acceptors (Lipinski definition) is 2. The molecule has 2 heteroatoms. The van der Waals surface area contributed by atoms with E-state index in [9.17, 15) is 0 Å². The van der Waals surface area contributed by atoms with Crippen LogP contribution in [0.2, 0.25) is 0 Å². The zero-order valence-corrected chi connectivity index (χ0v) is 14.1. The third-order valence-electron chi connectivity index (χ3n) is 3.98. The maximum absolute atomic E-state index is 3.70. The first-order chi connectivity index (χ1) is 9.45. The van der Waals surface area contributed by atoms with Crippen molar-refractivity contribution in [2.45, 2.75) is 66.1 Å². The highest BCUT2D eigenvalue weighted by Gasteiger charge is 2.14. The highest BCUT2D eigenvalue weighted by atomic mass is 15.2. The van der Waals surface area contributed by atoms with E-state index in [2.05, 4.69) is 76.0 Å². The summed E-state index contributed by atoms with van der Waals surface area (Å²) in [7, 11) is 0.